The Morgan fingerprint density at radius 2 is 2.09 bits per heavy atom. The van der Waals surface area contributed by atoms with E-state index in [1.807, 2.05) is 19.1 Å². The van der Waals surface area contributed by atoms with Gasteiger partial charge < -0.3 is 15.8 Å². The lowest BCUT2D eigenvalue weighted by molar-refractivity contribution is -0.402. The third-order valence-corrected chi connectivity index (χ3v) is 5.84. The summed E-state index contributed by atoms with van der Waals surface area (Å²) in [7, 11) is 0. The van der Waals surface area contributed by atoms with Crippen LogP contribution in [-0.2, 0) is 6.42 Å². The van der Waals surface area contributed by atoms with Crippen LogP contribution in [0.25, 0.3) is 11.1 Å². The van der Waals surface area contributed by atoms with Crippen molar-refractivity contribution in [2.75, 3.05) is 25.1 Å². The second kappa shape index (κ2) is 10.9. The van der Waals surface area contributed by atoms with E-state index < -0.39 is 6.67 Å². The molecule has 0 spiro atoms. The van der Waals surface area contributed by atoms with Crippen LogP contribution >= 0.6 is 0 Å². The number of pyridine rings is 2. The average molecular weight is 476 g/mol. The summed E-state index contributed by atoms with van der Waals surface area (Å²) in [5.41, 5.74) is 9.38. The number of amidine groups is 1. The van der Waals surface area contributed by atoms with E-state index in [1.54, 1.807) is 47.2 Å². The highest BCUT2D eigenvalue weighted by atomic mass is 19.1. The molecule has 1 aliphatic heterocycles. The number of anilines is 1. The van der Waals surface area contributed by atoms with Crippen LogP contribution < -0.4 is 15.8 Å². The molecule has 4 N–H and O–H groups in total. The van der Waals surface area contributed by atoms with E-state index in [-0.39, 0.29) is 18.2 Å². The number of benzene rings is 1. The summed E-state index contributed by atoms with van der Waals surface area (Å²) in [5.74, 6) is 0.909. The van der Waals surface area contributed by atoms with Crippen LogP contribution in [0.5, 0.6) is 5.75 Å². The van der Waals surface area contributed by atoms with Gasteiger partial charge in [-0.15, -0.1) is 0 Å². The fourth-order valence-electron chi connectivity index (χ4n) is 3.76. The summed E-state index contributed by atoms with van der Waals surface area (Å²) in [6.45, 7) is 2.52. The number of alkyl halides is 1. The Kier molecular flexibility index (Phi) is 7.45. The zero-order chi connectivity index (χ0) is 24.8. The largest absolute Gasteiger partial charge is 0.492 e. The molecule has 3 heterocycles. The molecule has 8 nitrogen and oxygen atoms in total. The number of hydrogen-bond acceptors (Lipinski definition) is 6. The summed E-state index contributed by atoms with van der Waals surface area (Å²) in [6, 6.07) is 14.2. The zero-order valence-corrected chi connectivity index (χ0v) is 19.5. The van der Waals surface area contributed by atoms with Crippen molar-refractivity contribution < 1.29 is 18.5 Å². The predicted molar refractivity (Wildman–Crippen MR) is 133 cm³/mol. The Morgan fingerprint density at radius 3 is 2.83 bits per heavy atom. The van der Waals surface area contributed by atoms with Crippen LogP contribution in [0.3, 0.4) is 0 Å². The van der Waals surface area contributed by atoms with Crippen LogP contribution in [0.4, 0.5) is 10.2 Å². The number of amides is 1. The number of halogens is 1. The van der Waals surface area contributed by atoms with E-state index in [0.717, 1.165) is 17.5 Å². The highest BCUT2D eigenvalue weighted by Crippen LogP contribution is 2.28. The van der Waals surface area contributed by atoms with Crippen LogP contribution in [-0.4, -0.2) is 52.5 Å². The maximum atomic E-state index is 13.3. The molecule has 4 rings (SSSR count). The molecule has 35 heavy (non-hydrogen) atoms. The molecular weight excluding hydrogens is 447 g/mol. The first-order valence-electron chi connectivity index (χ1n) is 11.4. The highest BCUT2D eigenvalue weighted by molar-refractivity contribution is 6.06. The highest BCUT2D eigenvalue weighted by Gasteiger charge is 2.19. The quantitative estimate of drug-likeness (QED) is 0.303. The van der Waals surface area contributed by atoms with E-state index in [1.165, 1.54) is 6.34 Å². The minimum atomic E-state index is -0.459. The molecule has 0 aliphatic carbocycles. The van der Waals surface area contributed by atoms with Gasteiger partial charge in [-0.3, -0.25) is 14.2 Å². The first kappa shape index (κ1) is 24.0. The Hall–Kier alpha value is -4.14. The van der Waals surface area contributed by atoms with E-state index >= 15 is 0 Å². The van der Waals surface area contributed by atoms with Crippen LogP contribution in [0.1, 0.15) is 35.1 Å². The molecular formula is C26H28FN6O2+. The number of fused-ring (bicyclic) bond motifs is 3. The van der Waals surface area contributed by atoms with Crippen molar-refractivity contribution in [1.29, 1.82) is 5.41 Å². The number of nitrogens with one attached hydrogen (secondary N) is 2. The summed E-state index contributed by atoms with van der Waals surface area (Å²) in [4.78, 5) is 22.1. The van der Waals surface area contributed by atoms with Crippen molar-refractivity contribution in [3.8, 4) is 16.9 Å². The molecule has 0 saturated carbocycles. The molecule has 180 valence electrons. The van der Waals surface area contributed by atoms with Crippen molar-refractivity contribution in [2.24, 2.45) is 11.7 Å². The maximum Gasteiger partial charge on any atom is 0.260 e. The second-order valence-electron chi connectivity index (χ2n) is 8.46. The molecule has 0 unspecified atom stereocenters. The fourth-order valence-corrected chi connectivity index (χ4v) is 3.76. The van der Waals surface area contributed by atoms with E-state index in [2.05, 4.69) is 15.3 Å². The minimum Gasteiger partial charge on any atom is -0.492 e. The second-order valence-corrected chi connectivity index (χ2v) is 8.46. The topological polar surface area (TPSA) is 117 Å². The third-order valence-electron chi connectivity index (χ3n) is 5.84. The number of aromatic nitrogens is 2. The summed E-state index contributed by atoms with van der Waals surface area (Å²) in [6.07, 6.45) is 3.85. The third kappa shape index (κ3) is 5.68. The molecule has 1 aliphatic rings. The summed E-state index contributed by atoms with van der Waals surface area (Å²) in [5, 5.41) is 10.6. The number of carbonyl (C=O) groups is 1. The molecule has 9 heteroatoms. The number of aryl methyl sites for hydroxylation is 1. The molecule has 1 amide bonds. The van der Waals surface area contributed by atoms with Gasteiger partial charge in [0.05, 0.1) is 25.4 Å². The van der Waals surface area contributed by atoms with Gasteiger partial charge in [-0.25, -0.2) is 9.56 Å². The lowest BCUT2D eigenvalue weighted by atomic mass is 10.0. The van der Waals surface area contributed by atoms with Gasteiger partial charge >= 0.3 is 0 Å². The molecule has 2 aromatic heterocycles. The van der Waals surface area contributed by atoms with Crippen molar-refractivity contribution in [2.45, 2.75) is 19.8 Å². The monoisotopic (exact) mass is 475 g/mol. The van der Waals surface area contributed by atoms with Crippen LogP contribution in [0, 0.1) is 11.3 Å². The van der Waals surface area contributed by atoms with Gasteiger partial charge in [0, 0.05) is 23.9 Å². The van der Waals surface area contributed by atoms with Gasteiger partial charge in [-0.2, -0.15) is 5.41 Å². The number of hydrogen-bond donors (Lipinski definition) is 3. The lowest BCUT2D eigenvalue weighted by Crippen LogP contribution is -2.31. The average Bonchev–Trinajstić information content (AvgIpc) is 2.88. The van der Waals surface area contributed by atoms with Crippen molar-refractivity contribution in [3.63, 3.8) is 0 Å². The number of rotatable bonds is 4. The first-order chi connectivity index (χ1) is 17.0. The SMILES string of the molecule is C[C@@H]1CC[N+](C=N)=C(N)c2cccc(n2)NC(=O)c2cc(-c3ccc(CCF)nc3)ccc2OC1. The van der Waals surface area contributed by atoms with Gasteiger partial charge in [0.1, 0.15) is 17.3 Å². The van der Waals surface area contributed by atoms with Crippen LogP contribution in [0.2, 0.25) is 0 Å². The Morgan fingerprint density at radius 1 is 1.26 bits per heavy atom. The fraction of sp³-hybridized carbons (Fsp3) is 0.269. The Bertz CT molecular complexity index is 1260. The van der Waals surface area contributed by atoms with Crippen LogP contribution in [0.15, 0.2) is 54.7 Å². The van der Waals surface area contributed by atoms with Gasteiger partial charge in [0.25, 0.3) is 5.91 Å². The summed E-state index contributed by atoms with van der Waals surface area (Å²) < 4.78 is 20.3. The Labute approximate surface area is 203 Å². The van der Waals surface area contributed by atoms with E-state index in [9.17, 15) is 9.18 Å². The molecule has 3 aromatic rings. The maximum absolute atomic E-state index is 13.3. The molecule has 0 saturated heterocycles. The lowest BCUT2D eigenvalue weighted by Gasteiger charge is -2.18. The summed E-state index contributed by atoms with van der Waals surface area (Å²) >= 11 is 0. The van der Waals surface area contributed by atoms with Crippen molar-refractivity contribution in [3.05, 3.63) is 71.7 Å². The van der Waals surface area contributed by atoms with E-state index in [0.29, 0.717) is 47.5 Å². The number of nitrogens with zero attached hydrogens (tertiary/aromatic N) is 3. The smallest absolute Gasteiger partial charge is 0.260 e. The number of carbonyl (C=O) groups excluding carboxylic acids is 1. The number of ether oxygens (including phenoxy) is 1. The molecule has 0 radical (unpaired) electrons. The van der Waals surface area contributed by atoms with Crippen molar-refractivity contribution in [1.82, 2.24) is 9.97 Å². The first-order valence-corrected chi connectivity index (χ1v) is 11.4. The standard InChI is InChI=1S/C26H27FN6O2/c1-17-10-12-33(16-28)25(29)22-3-2-4-24(31-22)32-26(34)21-13-18(6-8-23(21)35-15-17)19-5-7-20(9-11-27)30-14-19/h2-8,13-14,16-17,28-29H,9-12,15H2,1H3,(H,31,32,34)/p+1/t17-/m1/s1. The number of nitrogens with two attached hydrogens (primary N) is 1. The van der Waals surface area contributed by atoms with Gasteiger partial charge in [-0.05, 0) is 48.2 Å². The Balaban J connectivity index is 1.72. The van der Waals surface area contributed by atoms with Crippen molar-refractivity contribution >= 4 is 23.9 Å². The minimum absolute atomic E-state index is 0.148. The molecule has 1 aromatic carbocycles. The normalized spacial score (nSPS) is 16.5. The van der Waals surface area contributed by atoms with E-state index in [4.69, 9.17) is 15.9 Å². The molecule has 0 fully saturated rings. The predicted octanol–water partition coefficient (Wildman–Crippen LogP) is 3.65. The van der Waals surface area contributed by atoms with Gasteiger partial charge in [0.2, 0.25) is 12.2 Å². The zero-order valence-electron chi connectivity index (χ0n) is 19.5. The van der Waals surface area contributed by atoms with Gasteiger partial charge in [0.15, 0.2) is 0 Å². The molecule has 1 atom stereocenters. The molecule has 2 bridgehead atoms. The van der Waals surface area contributed by atoms with Gasteiger partial charge in [-0.1, -0.05) is 25.1 Å².